The van der Waals surface area contributed by atoms with Crippen LogP contribution in [-0.2, 0) is 0 Å². The SMILES string of the molecule is CC(C)=CCCC(C)C1CCC2(C)C3CC=C4C(C)(C)C(C)CCC4(C)C3CCC12C. The summed E-state index contributed by atoms with van der Waals surface area (Å²) in [7, 11) is 0. The quantitative estimate of drug-likeness (QED) is 0.394. The Bertz CT molecular complexity index is 748. The van der Waals surface area contributed by atoms with Crippen molar-refractivity contribution in [3.05, 3.63) is 23.3 Å². The lowest BCUT2D eigenvalue weighted by molar-refractivity contribution is -0.118. The minimum atomic E-state index is 0.386. The van der Waals surface area contributed by atoms with E-state index in [2.05, 4.69) is 74.5 Å². The molecule has 176 valence electrons. The van der Waals surface area contributed by atoms with Crippen LogP contribution in [0.3, 0.4) is 0 Å². The molecule has 0 nitrogen and oxygen atoms in total. The van der Waals surface area contributed by atoms with Crippen molar-refractivity contribution in [2.45, 2.75) is 120 Å². The van der Waals surface area contributed by atoms with Gasteiger partial charge < -0.3 is 0 Å². The fourth-order valence-electron chi connectivity index (χ4n) is 9.74. The molecule has 0 aromatic rings. The summed E-state index contributed by atoms with van der Waals surface area (Å²) in [5.74, 6) is 4.42. The maximum absolute atomic E-state index is 2.78. The lowest BCUT2D eigenvalue weighted by atomic mass is 9.40. The molecule has 0 heteroatoms. The van der Waals surface area contributed by atoms with Crippen LogP contribution < -0.4 is 0 Å². The smallest absolute Gasteiger partial charge is 0.00796 e. The highest BCUT2D eigenvalue weighted by Crippen LogP contribution is 2.74. The molecule has 4 rings (SSSR count). The van der Waals surface area contributed by atoms with Crippen molar-refractivity contribution in [2.24, 2.45) is 51.2 Å². The third-order valence-electron chi connectivity index (χ3n) is 12.3. The maximum Gasteiger partial charge on any atom is -0.00796 e. The Balaban J connectivity index is 1.62. The average Bonchev–Trinajstić information content (AvgIpc) is 2.96. The average molecular weight is 425 g/mol. The van der Waals surface area contributed by atoms with Crippen LogP contribution in [-0.4, -0.2) is 0 Å². The minimum Gasteiger partial charge on any atom is -0.0859 e. The number of hydrogen-bond acceptors (Lipinski definition) is 0. The third-order valence-corrected chi connectivity index (χ3v) is 12.3. The number of fused-ring (bicyclic) bond motifs is 5. The second kappa shape index (κ2) is 7.77. The van der Waals surface area contributed by atoms with Gasteiger partial charge in [0.15, 0.2) is 0 Å². The van der Waals surface area contributed by atoms with Gasteiger partial charge in [-0.05, 0) is 123 Å². The highest BCUT2D eigenvalue weighted by Gasteiger charge is 2.65. The molecule has 0 bridgehead atoms. The Morgan fingerprint density at radius 2 is 1.65 bits per heavy atom. The Hall–Kier alpha value is -0.520. The van der Waals surface area contributed by atoms with E-state index in [4.69, 9.17) is 0 Å². The minimum absolute atomic E-state index is 0.386. The van der Waals surface area contributed by atoms with E-state index in [1.807, 2.05) is 5.57 Å². The summed E-state index contributed by atoms with van der Waals surface area (Å²) >= 11 is 0. The lowest BCUT2D eigenvalue weighted by Gasteiger charge is -2.65. The van der Waals surface area contributed by atoms with Crippen LogP contribution in [0.2, 0.25) is 0 Å². The molecule has 0 aliphatic heterocycles. The van der Waals surface area contributed by atoms with E-state index >= 15 is 0 Å². The van der Waals surface area contributed by atoms with Crippen molar-refractivity contribution in [3.63, 3.8) is 0 Å². The Kier molecular flexibility index (Phi) is 5.92. The molecule has 3 fully saturated rings. The van der Waals surface area contributed by atoms with E-state index in [1.54, 1.807) is 0 Å². The zero-order valence-electron chi connectivity index (χ0n) is 22.4. The summed E-state index contributed by atoms with van der Waals surface area (Å²) in [6.45, 7) is 22.8. The first-order valence-electron chi connectivity index (χ1n) is 13.7. The molecule has 0 N–H and O–H groups in total. The van der Waals surface area contributed by atoms with Gasteiger partial charge in [-0.1, -0.05) is 71.8 Å². The van der Waals surface area contributed by atoms with Gasteiger partial charge in [-0.25, -0.2) is 0 Å². The van der Waals surface area contributed by atoms with Gasteiger partial charge in [0.1, 0.15) is 0 Å². The molecule has 0 aromatic heterocycles. The number of allylic oxidation sites excluding steroid dienone is 4. The van der Waals surface area contributed by atoms with Crippen molar-refractivity contribution in [1.29, 1.82) is 0 Å². The topological polar surface area (TPSA) is 0 Å². The Labute approximate surface area is 194 Å². The number of rotatable bonds is 4. The van der Waals surface area contributed by atoms with Gasteiger partial charge in [-0.3, -0.25) is 0 Å². The van der Waals surface area contributed by atoms with E-state index < -0.39 is 0 Å². The molecule has 0 radical (unpaired) electrons. The molecule has 0 amide bonds. The molecule has 0 aromatic carbocycles. The van der Waals surface area contributed by atoms with Crippen LogP contribution in [0.15, 0.2) is 23.3 Å². The molecule has 8 atom stereocenters. The Morgan fingerprint density at radius 3 is 2.32 bits per heavy atom. The summed E-state index contributed by atoms with van der Waals surface area (Å²) in [5, 5.41) is 0. The van der Waals surface area contributed by atoms with Gasteiger partial charge >= 0.3 is 0 Å². The molecular formula is C31H52. The molecule has 0 saturated heterocycles. The highest BCUT2D eigenvalue weighted by atomic mass is 14.7. The standard InChI is InChI=1S/C31H52/c1-21(2)11-10-12-22(3)24-16-19-31(9)26-13-14-27-28(5,6)23(4)15-18-29(27,7)25(26)17-20-30(24,31)8/h11,14,22-26H,10,12-13,15-20H2,1-9H3. The van der Waals surface area contributed by atoms with E-state index in [1.165, 1.54) is 63.4 Å². The summed E-state index contributed by atoms with van der Waals surface area (Å²) in [4.78, 5) is 0. The van der Waals surface area contributed by atoms with Crippen LogP contribution in [0.1, 0.15) is 120 Å². The Morgan fingerprint density at radius 1 is 0.968 bits per heavy atom. The van der Waals surface area contributed by atoms with Gasteiger partial charge in [0.2, 0.25) is 0 Å². The van der Waals surface area contributed by atoms with Gasteiger partial charge in [-0.2, -0.15) is 0 Å². The van der Waals surface area contributed by atoms with Gasteiger partial charge in [-0.15, -0.1) is 0 Å². The monoisotopic (exact) mass is 424 g/mol. The zero-order chi connectivity index (χ0) is 22.8. The van der Waals surface area contributed by atoms with Crippen molar-refractivity contribution < 1.29 is 0 Å². The van der Waals surface area contributed by atoms with E-state index in [-0.39, 0.29) is 0 Å². The first-order valence-corrected chi connectivity index (χ1v) is 13.7. The molecule has 8 unspecified atom stereocenters. The highest BCUT2D eigenvalue weighted by molar-refractivity contribution is 5.31. The van der Waals surface area contributed by atoms with E-state index in [0.717, 1.165) is 29.6 Å². The van der Waals surface area contributed by atoms with Crippen LogP contribution in [0.4, 0.5) is 0 Å². The summed E-state index contributed by atoms with van der Waals surface area (Å²) in [6, 6.07) is 0. The predicted molar refractivity (Wildman–Crippen MR) is 136 cm³/mol. The first-order chi connectivity index (χ1) is 14.4. The van der Waals surface area contributed by atoms with Crippen molar-refractivity contribution in [3.8, 4) is 0 Å². The molecule has 0 heterocycles. The third kappa shape index (κ3) is 3.35. The van der Waals surface area contributed by atoms with E-state index in [0.29, 0.717) is 21.7 Å². The zero-order valence-corrected chi connectivity index (χ0v) is 22.4. The molecule has 4 aliphatic rings. The maximum atomic E-state index is 2.78. The first kappa shape index (κ1) is 23.6. The normalized spacial score (nSPS) is 46.9. The largest absolute Gasteiger partial charge is 0.0859 e. The van der Waals surface area contributed by atoms with Gasteiger partial charge in [0.05, 0.1) is 0 Å². The van der Waals surface area contributed by atoms with Gasteiger partial charge in [0.25, 0.3) is 0 Å². The van der Waals surface area contributed by atoms with E-state index in [9.17, 15) is 0 Å². The van der Waals surface area contributed by atoms with Crippen LogP contribution in [0.25, 0.3) is 0 Å². The predicted octanol–water partition coefficient (Wildman–Crippen LogP) is 9.61. The van der Waals surface area contributed by atoms with Gasteiger partial charge in [0, 0.05) is 0 Å². The second-order valence-electron chi connectivity index (χ2n) is 14.0. The fourth-order valence-corrected chi connectivity index (χ4v) is 9.74. The molecular weight excluding hydrogens is 372 g/mol. The molecule has 4 aliphatic carbocycles. The van der Waals surface area contributed by atoms with Crippen molar-refractivity contribution in [1.82, 2.24) is 0 Å². The summed E-state index contributed by atoms with van der Waals surface area (Å²) in [6.07, 6.45) is 18.0. The molecule has 3 saturated carbocycles. The van der Waals surface area contributed by atoms with Crippen LogP contribution in [0.5, 0.6) is 0 Å². The van der Waals surface area contributed by atoms with Crippen molar-refractivity contribution in [2.75, 3.05) is 0 Å². The van der Waals surface area contributed by atoms with Crippen LogP contribution in [0, 0.1) is 51.2 Å². The van der Waals surface area contributed by atoms with Crippen molar-refractivity contribution >= 4 is 0 Å². The summed E-state index contributed by atoms with van der Waals surface area (Å²) in [5.41, 5.74) is 5.24. The van der Waals surface area contributed by atoms with Crippen LogP contribution >= 0.6 is 0 Å². The number of hydrogen-bond donors (Lipinski definition) is 0. The fraction of sp³-hybridized carbons (Fsp3) is 0.871. The molecule has 0 spiro atoms. The molecule has 31 heavy (non-hydrogen) atoms. The lowest BCUT2D eigenvalue weighted by Crippen LogP contribution is -2.57. The second-order valence-corrected chi connectivity index (χ2v) is 14.0. The summed E-state index contributed by atoms with van der Waals surface area (Å²) < 4.78 is 0.